The second-order valence-corrected chi connectivity index (χ2v) is 6.86. The highest BCUT2D eigenvalue weighted by molar-refractivity contribution is 5.47. The van der Waals surface area contributed by atoms with Crippen LogP contribution in [0.15, 0.2) is 12.3 Å². The van der Waals surface area contributed by atoms with Crippen LogP contribution < -0.4 is 10.2 Å². The zero-order valence-electron chi connectivity index (χ0n) is 13.0. The first-order valence-electron chi connectivity index (χ1n) is 7.50. The van der Waals surface area contributed by atoms with Gasteiger partial charge in [0.25, 0.3) is 0 Å². The van der Waals surface area contributed by atoms with Crippen LogP contribution in [0.3, 0.4) is 0 Å². The maximum absolute atomic E-state index is 13.5. The Hall–Kier alpha value is -1.16. The Morgan fingerprint density at radius 2 is 2.20 bits per heavy atom. The Labute approximate surface area is 121 Å². The Balaban J connectivity index is 2.21. The molecule has 2 rings (SSSR count). The van der Waals surface area contributed by atoms with E-state index in [-0.39, 0.29) is 5.82 Å². The van der Waals surface area contributed by atoms with E-state index in [1.807, 2.05) is 0 Å². The minimum Gasteiger partial charge on any atom is -0.356 e. The summed E-state index contributed by atoms with van der Waals surface area (Å²) in [7, 11) is 0. The van der Waals surface area contributed by atoms with Crippen molar-refractivity contribution in [1.82, 2.24) is 10.3 Å². The van der Waals surface area contributed by atoms with Gasteiger partial charge in [0.1, 0.15) is 11.6 Å². The fourth-order valence-electron chi connectivity index (χ4n) is 2.81. The maximum Gasteiger partial charge on any atom is 0.141 e. The van der Waals surface area contributed by atoms with Gasteiger partial charge < -0.3 is 10.2 Å². The second kappa shape index (κ2) is 6.08. The SMILES string of the molecule is CC(C)NCc1cc(F)cnc1N1CCCC(C)(C)C1. The summed E-state index contributed by atoms with van der Waals surface area (Å²) in [5, 5.41) is 3.36. The van der Waals surface area contributed by atoms with Gasteiger partial charge in [-0.1, -0.05) is 27.7 Å². The molecule has 1 N–H and O–H groups in total. The molecule has 1 aliphatic rings. The minimum atomic E-state index is -0.259. The van der Waals surface area contributed by atoms with E-state index in [0.717, 1.165) is 24.5 Å². The Morgan fingerprint density at radius 3 is 2.85 bits per heavy atom. The molecule has 0 amide bonds. The molecule has 20 heavy (non-hydrogen) atoms. The van der Waals surface area contributed by atoms with E-state index < -0.39 is 0 Å². The summed E-state index contributed by atoms with van der Waals surface area (Å²) < 4.78 is 13.5. The van der Waals surface area contributed by atoms with Crippen molar-refractivity contribution in [1.29, 1.82) is 0 Å². The van der Waals surface area contributed by atoms with Crippen LogP contribution >= 0.6 is 0 Å². The van der Waals surface area contributed by atoms with Gasteiger partial charge in [-0.2, -0.15) is 0 Å². The van der Waals surface area contributed by atoms with Crippen molar-refractivity contribution in [3.8, 4) is 0 Å². The van der Waals surface area contributed by atoms with E-state index >= 15 is 0 Å². The van der Waals surface area contributed by atoms with Gasteiger partial charge in [0.15, 0.2) is 0 Å². The van der Waals surface area contributed by atoms with E-state index in [2.05, 4.69) is 42.9 Å². The average Bonchev–Trinajstić information content (AvgIpc) is 2.35. The summed E-state index contributed by atoms with van der Waals surface area (Å²) in [4.78, 5) is 6.66. The van der Waals surface area contributed by atoms with Crippen LogP contribution in [0.5, 0.6) is 0 Å². The minimum absolute atomic E-state index is 0.259. The first-order chi connectivity index (χ1) is 9.37. The molecule has 0 atom stereocenters. The van der Waals surface area contributed by atoms with Crippen LogP contribution in [0.4, 0.5) is 10.2 Å². The number of aromatic nitrogens is 1. The number of piperidine rings is 1. The monoisotopic (exact) mass is 279 g/mol. The Morgan fingerprint density at radius 1 is 1.45 bits per heavy atom. The fourth-order valence-corrected chi connectivity index (χ4v) is 2.81. The number of rotatable bonds is 4. The molecule has 2 heterocycles. The van der Waals surface area contributed by atoms with Crippen LogP contribution in [0.2, 0.25) is 0 Å². The molecule has 0 aromatic carbocycles. The van der Waals surface area contributed by atoms with Gasteiger partial charge in [0, 0.05) is 31.2 Å². The smallest absolute Gasteiger partial charge is 0.141 e. The number of pyridine rings is 1. The van der Waals surface area contributed by atoms with Crippen molar-refractivity contribution in [3.63, 3.8) is 0 Å². The van der Waals surface area contributed by atoms with Crippen LogP contribution in [-0.2, 0) is 6.54 Å². The van der Waals surface area contributed by atoms with Gasteiger partial charge in [0.2, 0.25) is 0 Å². The van der Waals surface area contributed by atoms with Crippen molar-refractivity contribution in [2.24, 2.45) is 5.41 Å². The van der Waals surface area contributed by atoms with E-state index in [0.29, 0.717) is 18.0 Å². The molecule has 1 aliphatic heterocycles. The number of halogens is 1. The second-order valence-electron chi connectivity index (χ2n) is 6.86. The third-order valence-corrected chi connectivity index (χ3v) is 3.81. The van der Waals surface area contributed by atoms with Gasteiger partial charge in [-0.05, 0) is 24.3 Å². The first-order valence-corrected chi connectivity index (χ1v) is 7.50. The Bertz CT molecular complexity index is 457. The molecular formula is C16H26FN3. The van der Waals surface area contributed by atoms with Crippen LogP contribution in [0, 0.1) is 11.2 Å². The lowest BCUT2D eigenvalue weighted by molar-refractivity contribution is 0.291. The maximum atomic E-state index is 13.5. The highest BCUT2D eigenvalue weighted by Crippen LogP contribution is 2.32. The van der Waals surface area contributed by atoms with E-state index in [1.54, 1.807) is 6.07 Å². The van der Waals surface area contributed by atoms with Crippen molar-refractivity contribution in [3.05, 3.63) is 23.6 Å². The summed E-state index contributed by atoms with van der Waals surface area (Å²) in [6.07, 6.45) is 3.74. The van der Waals surface area contributed by atoms with Crippen molar-refractivity contribution >= 4 is 5.82 Å². The van der Waals surface area contributed by atoms with E-state index in [9.17, 15) is 4.39 Å². The molecule has 0 unspecified atom stereocenters. The predicted octanol–water partition coefficient (Wildman–Crippen LogP) is 3.35. The van der Waals surface area contributed by atoms with Gasteiger partial charge in [-0.15, -0.1) is 0 Å². The third-order valence-electron chi connectivity index (χ3n) is 3.81. The molecule has 1 aromatic rings. The highest BCUT2D eigenvalue weighted by atomic mass is 19.1. The molecule has 0 bridgehead atoms. The first kappa shape index (κ1) is 15.2. The predicted molar refractivity (Wildman–Crippen MR) is 81.4 cm³/mol. The standard InChI is InChI=1S/C16H26FN3/c1-12(2)18-9-13-8-14(17)10-19-15(13)20-7-5-6-16(3,4)11-20/h8,10,12,18H,5-7,9,11H2,1-4H3. The summed E-state index contributed by atoms with van der Waals surface area (Å²) >= 11 is 0. The number of nitrogens with one attached hydrogen (secondary N) is 1. The molecule has 0 saturated carbocycles. The summed E-state index contributed by atoms with van der Waals surface area (Å²) in [6.45, 7) is 11.4. The quantitative estimate of drug-likeness (QED) is 0.916. The van der Waals surface area contributed by atoms with Crippen molar-refractivity contribution in [2.75, 3.05) is 18.0 Å². The van der Waals surface area contributed by atoms with Crippen LogP contribution in [0.25, 0.3) is 0 Å². The third kappa shape index (κ3) is 3.92. The molecule has 1 aromatic heterocycles. The molecule has 0 spiro atoms. The highest BCUT2D eigenvalue weighted by Gasteiger charge is 2.28. The zero-order chi connectivity index (χ0) is 14.8. The molecule has 3 nitrogen and oxygen atoms in total. The number of anilines is 1. The molecular weight excluding hydrogens is 253 g/mol. The summed E-state index contributed by atoms with van der Waals surface area (Å²) in [5.41, 5.74) is 1.26. The summed E-state index contributed by atoms with van der Waals surface area (Å²) in [6, 6.07) is 1.99. The van der Waals surface area contributed by atoms with E-state index in [1.165, 1.54) is 19.0 Å². The lowest BCUT2D eigenvalue weighted by atomic mass is 9.84. The van der Waals surface area contributed by atoms with Crippen molar-refractivity contribution < 1.29 is 4.39 Å². The summed E-state index contributed by atoms with van der Waals surface area (Å²) in [5.74, 6) is 0.679. The van der Waals surface area contributed by atoms with Crippen LogP contribution in [0.1, 0.15) is 46.1 Å². The molecule has 0 radical (unpaired) electrons. The topological polar surface area (TPSA) is 28.2 Å². The fraction of sp³-hybridized carbons (Fsp3) is 0.688. The average molecular weight is 279 g/mol. The molecule has 1 fully saturated rings. The number of hydrogen-bond acceptors (Lipinski definition) is 3. The van der Waals surface area contributed by atoms with Gasteiger partial charge in [-0.25, -0.2) is 9.37 Å². The lowest BCUT2D eigenvalue weighted by Gasteiger charge is -2.39. The largest absolute Gasteiger partial charge is 0.356 e. The van der Waals surface area contributed by atoms with Gasteiger partial charge >= 0.3 is 0 Å². The van der Waals surface area contributed by atoms with Crippen LogP contribution in [-0.4, -0.2) is 24.1 Å². The molecule has 0 aliphatic carbocycles. The van der Waals surface area contributed by atoms with Gasteiger partial charge in [-0.3, -0.25) is 0 Å². The number of nitrogens with zero attached hydrogens (tertiary/aromatic N) is 2. The molecule has 1 saturated heterocycles. The number of hydrogen-bond donors (Lipinski definition) is 1. The normalized spacial score (nSPS) is 18.6. The van der Waals surface area contributed by atoms with E-state index in [4.69, 9.17) is 0 Å². The van der Waals surface area contributed by atoms with Gasteiger partial charge in [0.05, 0.1) is 6.20 Å². The zero-order valence-corrected chi connectivity index (χ0v) is 13.0. The Kier molecular flexibility index (Phi) is 4.63. The molecule has 112 valence electrons. The molecule has 4 heteroatoms. The lowest BCUT2D eigenvalue weighted by Crippen LogP contribution is -2.41. The van der Waals surface area contributed by atoms with Crippen molar-refractivity contribution in [2.45, 2.75) is 53.1 Å².